The molecule has 1 fully saturated rings. The van der Waals surface area contributed by atoms with E-state index in [0.717, 1.165) is 18.4 Å². The Balaban J connectivity index is 1.87. The second-order valence-corrected chi connectivity index (χ2v) is 5.85. The van der Waals surface area contributed by atoms with Crippen LogP contribution >= 0.6 is 0 Å². The second-order valence-electron chi connectivity index (χ2n) is 5.85. The molecule has 2 rings (SSSR count). The van der Waals surface area contributed by atoms with E-state index >= 15 is 0 Å². The zero-order chi connectivity index (χ0) is 15.4. The molecule has 1 aliphatic rings. The SMILES string of the molecule is COc1ccc(C)cc1NC(=O)CN(C)CC(O)C1CC1. The number of hydrogen-bond donors (Lipinski definition) is 2. The average molecular weight is 292 g/mol. The Kier molecular flexibility index (Phi) is 5.20. The number of amides is 1. The third kappa shape index (κ3) is 4.72. The highest BCUT2D eigenvalue weighted by Crippen LogP contribution is 2.32. The van der Waals surface area contributed by atoms with E-state index in [-0.39, 0.29) is 18.6 Å². The first-order valence-electron chi connectivity index (χ1n) is 7.30. The summed E-state index contributed by atoms with van der Waals surface area (Å²) >= 11 is 0. The van der Waals surface area contributed by atoms with Crippen molar-refractivity contribution in [1.29, 1.82) is 0 Å². The van der Waals surface area contributed by atoms with Crippen molar-refractivity contribution in [3.63, 3.8) is 0 Å². The predicted octanol–water partition coefficient (Wildman–Crippen LogP) is 1.64. The number of aliphatic hydroxyl groups is 1. The normalized spacial score (nSPS) is 15.9. The summed E-state index contributed by atoms with van der Waals surface area (Å²) in [6.07, 6.45) is 1.87. The van der Waals surface area contributed by atoms with Crippen LogP contribution in [0.2, 0.25) is 0 Å². The number of aliphatic hydroxyl groups excluding tert-OH is 1. The van der Waals surface area contributed by atoms with Crippen LogP contribution in [0, 0.1) is 12.8 Å². The summed E-state index contributed by atoms with van der Waals surface area (Å²) in [7, 11) is 3.43. The van der Waals surface area contributed by atoms with E-state index in [9.17, 15) is 9.90 Å². The van der Waals surface area contributed by atoms with Crippen LogP contribution in [0.3, 0.4) is 0 Å². The molecule has 21 heavy (non-hydrogen) atoms. The monoisotopic (exact) mass is 292 g/mol. The van der Waals surface area contributed by atoms with Crippen LogP contribution < -0.4 is 10.1 Å². The van der Waals surface area contributed by atoms with Crippen LogP contribution in [0.4, 0.5) is 5.69 Å². The molecule has 0 saturated heterocycles. The van der Waals surface area contributed by atoms with Gasteiger partial charge in [0.15, 0.2) is 0 Å². The van der Waals surface area contributed by atoms with Crippen LogP contribution in [-0.4, -0.2) is 49.3 Å². The van der Waals surface area contributed by atoms with E-state index in [2.05, 4.69) is 5.32 Å². The summed E-state index contributed by atoms with van der Waals surface area (Å²) in [6.45, 7) is 2.75. The highest BCUT2D eigenvalue weighted by molar-refractivity contribution is 5.93. The molecule has 1 unspecified atom stereocenters. The van der Waals surface area contributed by atoms with Gasteiger partial charge >= 0.3 is 0 Å². The van der Waals surface area contributed by atoms with Gasteiger partial charge in [-0.2, -0.15) is 0 Å². The minimum Gasteiger partial charge on any atom is -0.495 e. The molecule has 0 bridgehead atoms. The van der Waals surface area contributed by atoms with E-state index in [1.165, 1.54) is 0 Å². The summed E-state index contributed by atoms with van der Waals surface area (Å²) in [5.41, 5.74) is 1.74. The third-order valence-electron chi connectivity index (χ3n) is 3.71. The maximum absolute atomic E-state index is 12.1. The lowest BCUT2D eigenvalue weighted by molar-refractivity contribution is -0.117. The first-order chi connectivity index (χ1) is 9.99. The minimum atomic E-state index is -0.323. The molecule has 0 aliphatic heterocycles. The zero-order valence-corrected chi connectivity index (χ0v) is 12.9. The first kappa shape index (κ1) is 15.8. The molecule has 0 aromatic heterocycles. The van der Waals surface area contributed by atoms with Crippen molar-refractivity contribution in [3.05, 3.63) is 23.8 Å². The summed E-state index contributed by atoms with van der Waals surface area (Å²) in [5, 5.41) is 12.8. The number of ether oxygens (including phenoxy) is 1. The minimum absolute atomic E-state index is 0.107. The molecule has 1 aromatic rings. The maximum Gasteiger partial charge on any atom is 0.238 e. The number of hydrogen-bond acceptors (Lipinski definition) is 4. The molecule has 1 aliphatic carbocycles. The fraction of sp³-hybridized carbons (Fsp3) is 0.562. The van der Waals surface area contributed by atoms with Gasteiger partial charge in [0, 0.05) is 6.54 Å². The van der Waals surface area contributed by atoms with Crippen LogP contribution in [0.5, 0.6) is 5.75 Å². The molecule has 1 aromatic carbocycles. The van der Waals surface area contributed by atoms with E-state index in [1.807, 2.05) is 37.1 Å². The molecule has 0 radical (unpaired) electrons. The van der Waals surface area contributed by atoms with Crippen molar-refractivity contribution in [1.82, 2.24) is 4.90 Å². The number of nitrogens with zero attached hydrogens (tertiary/aromatic N) is 1. The Morgan fingerprint density at radius 2 is 2.24 bits per heavy atom. The van der Waals surface area contributed by atoms with Crippen molar-refractivity contribution < 1.29 is 14.6 Å². The fourth-order valence-corrected chi connectivity index (χ4v) is 2.37. The van der Waals surface area contributed by atoms with Crippen molar-refractivity contribution >= 4 is 11.6 Å². The van der Waals surface area contributed by atoms with Gasteiger partial charge in [-0.1, -0.05) is 6.07 Å². The topological polar surface area (TPSA) is 61.8 Å². The number of benzene rings is 1. The molecule has 2 N–H and O–H groups in total. The lowest BCUT2D eigenvalue weighted by Gasteiger charge is -2.20. The highest BCUT2D eigenvalue weighted by Gasteiger charge is 2.30. The molecule has 5 heteroatoms. The molecular formula is C16H24N2O3. The molecule has 1 atom stereocenters. The highest BCUT2D eigenvalue weighted by atomic mass is 16.5. The van der Waals surface area contributed by atoms with Crippen LogP contribution in [-0.2, 0) is 4.79 Å². The van der Waals surface area contributed by atoms with Crippen molar-refractivity contribution in [2.75, 3.05) is 32.6 Å². The Bertz CT molecular complexity index is 500. The molecular weight excluding hydrogens is 268 g/mol. The average Bonchev–Trinajstić information content (AvgIpc) is 3.22. The standard InChI is InChI=1S/C16H24N2O3/c1-11-4-7-15(21-3)13(8-11)17-16(20)10-18(2)9-14(19)12-5-6-12/h4,7-8,12,14,19H,5-6,9-10H2,1-3H3,(H,17,20). The smallest absolute Gasteiger partial charge is 0.238 e. The largest absolute Gasteiger partial charge is 0.495 e. The van der Waals surface area contributed by atoms with Gasteiger partial charge in [-0.05, 0) is 50.4 Å². The van der Waals surface area contributed by atoms with E-state index < -0.39 is 0 Å². The van der Waals surface area contributed by atoms with E-state index in [0.29, 0.717) is 23.9 Å². The quantitative estimate of drug-likeness (QED) is 0.802. The number of aryl methyl sites for hydroxylation is 1. The van der Waals surface area contributed by atoms with Crippen molar-refractivity contribution in [2.24, 2.45) is 5.92 Å². The number of nitrogens with one attached hydrogen (secondary N) is 1. The Morgan fingerprint density at radius 3 is 2.86 bits per heavy atom. The summed E-state index contributed by atoms with van der Waals surface area (Å²) in [6, 6.07) is 5.66. The zero-order valence-electron chi connectivity index (χ0n) is 12.9. The van der Waals surface area contributed by atoms with Crippen LogP contribution in [0.15, 0.2) is 18.2 Å². The van der Waals surface area contributed by atoms with E-state index in [4.69, 9.17) is 4.74 Å². The number of carbonyl (C=O) groups is 1. The Morgan fingerprint density at radius 1 is 1.52 bits per heavy atom. The number of methoxy groups -OCH3 is 1. The lowest BCUT2D eigenvalue weighted by Crippen LogP contribution is -2.36. The molecule has 5 nitrogen and oxygen atoms in total. The van der Waals surface area contributed by atoms with Crippen molar-refractivity contribution in [3.8, 4) is 5.75 Å². The van der Waals surface area contributed by atoms with Gasteiger partial charge in [0.25, 0.3) is 0 Å². The van der Waals surface area contributed by atoms with Gasteiger partial charge in [-0.3, -0.25) is 9.69 Å². The van der Waals surface area contributed by atoms with Gasteiger partial charge in [-0.15, -0.1) is 0 Å². The second kappa shape index (κ2) is 6.91. The van der Waals surface area contributed by atoms with Crippen LogP contribution in [0.25, 0.3) is 0 Å². The Hall–Kier alpha value is -1.59. The van der Waals surface area contributed by atoms with Gasteiger partial charge in [-0.25, -0.2) is 0 Å². The molecule has 0 spiro atoms. The van der Waals surface area contributed by atoms with Crippen molar-refractivity contribution in [2.45, 2.75) is 25.9 Å². The third-order valence-corrected chi connectivity index (χ3v) is 3.71. The molecule has 1 saturated carbocycles. The van der Waals surface area contributed by atoms with Gasteiger partial charge in [0.1, 0.15) is 5.75 Å². The maximum atomic E-state index is 12.1. The summed E-state index contributed by atoms with van der Waals surface area (Å²) in [4.78, 5) is 13.9. The number of carbonyl (C=O) groups excluding carboxylic acids is 1. The number of likely N-dealkylation sites (N-methyl/N-ethyl adjacent to an activating group) is 1. The van der Waals surface area contributed by atoms with Gasteiger partial charge in [0.2, 0.25) is 5.91 Å². The molecule has 116 valence electrons. The first-order valence-corrected chi connectivity index (χ1v) is 7.30. The number of rotatable bonds is 7. The van der Waals surface area contributed by atoms with Gasteiger partial charge in [0.05, 0.1) is 25.4 Å². The predicted molar refractivity (Wildman–Crippen MR) is 82.6 cm³/mol. The van der Waals surface area contributed by atoms with E-state index in [1.54, 1.807) is 7.11 Å². The lowest BCUT2D eigenvalue weighted by atomic mass is 10.2. The molecule has 1 amide bonds. The number of anilines is 1. The Labute approximate surface area is 125 Å². The van der Waals surface area contributed by atoms with Gasteiger partial charge < -0.3 is 15.2 Å². The molecule has 0 heterocycles. The summed E-state index contributed by atoms with van der Waals surface area (Å²) < 4.78 is 5.24. The van der Waals surface area contributed by atoms with Crippen LogP contribution in [0.1, 0.15) is 18.4 Å². The summed E-state index contributed by atoms with van der Waals surface area (Å²) in [5.74, 6) is 0.964. The fourth-order valence-electron chi connectivity index (χ4n) is 2.37.